The number of pyridine rings is 1. The number of aromatic nitrogens is 3. The molecule has 4 rings (SSSR count). The molecule has 0 radical (unpaired) electrons. The summed E-state index contributed by atoms with van der Waals surface area (Å²) in [5, 5.41) is 9.38. The van der Waals surface area contributed by atoms with E-state index in [0.29, 0.717) is 5.56 Å². The Hall–Kier alpha value is -2.97. The van der Waals surface area contributed by atoms with E-state index in [0.717, 1.165) is 64.0 Å². The van der Waals surface area contributed by atoms with Crippen molar-refractivity contribution in [1.29, 1.82) is 5.26 Å². The molecular formula is C25H23BrN4. The Kier molecular flexibility index (Phi) is 5.96. The van der Waals surface area contributed by atoms with Gasteiger partial charge in [-0.15, -0.1) is 0 Å². The van der Waals surface area contributed by atoms with Crippen LogP contribution >= 0.6 is 15.9 Å². The standard InChI is InChI=1S/C25H23BrN4/c1-3-4-9-23-29-24-17(2)22(26)15-28-25(24)30(23)16-18-10-12-19(13-11-18)21-8-6-5-7-20(21)14-27/h5-8,10-13,15H,3-4,9,16H2,1-2H3. The molecule has 0 bridgehead atoms. The molecule has 4 aromatic rings. The molecule has 4 nitrogen and oxygen atoms in total. The zero-order valence-corrected chi connectivity index (χ0v) is 18.8. The summed E-state index contributed by atoms with van der Waals surface area (Å²) < 4.78 is 3.23. The van der Waals surface area contributed by atoms with E-state index >= 15 is 0 Å². The van der Waals surface area contributed by atoms with Crippen molar-refractivity contribution < 1.29 is 0 Å². The molecule has 0 fully saturated rings. The molecule has 2 aromatic carbocycles. The maximum Gasteiger partial charge on any atom is 0.160 e. The van der Waals surface area contributed by atoms with E-state index in [2.05, 4.69) is 69.7 Å². The van der Waals surface area contributed by atoms with Gasteiger partial charge in [0.2, 0.25) is 0 Å². The number of halogens is 1. The second-order valence-electron chi connectivity index (χ2n) is 7.48. The van der Waals surface area contributed by atoms with E-state index in [-0.39, 0.29) is 0 Å². The molecule has 0 saturated carbocycles. The third-order valence-corrected chi connectivity index (χ3v) is 6.24. The molecule has 0 amide bonds. The largest absolute Gasteiger partial charge is 0.308 e. The van der Waals surface area contributed by atoms with Gasteiger partial charge in [-0.05, 0) is 57.6 Å². The van der Waals surface area contributed by atoms with Crippen LogP contribution in [0.3, 0.4) is 0 Å². The van der Waals surface area contributed by atoms with Crippen LogP contribution in [0.15, 0.2) is 59.2 Å². The lowest BCUT2D eigenvalue weighted by Gasteiger charge is -2.10. The fraction of sp³-hybridized carbons (Fsp3) is 0.240. The van der Waals surface area contributed by atoms with Gasteiger partial charge < -0.3 is 4.57 Å². The first kappa shape index (κ1) is 20.3. The average Bonchev–Trinajstić information content (AvgIpc) is 3.13. The highest BCUT2D eigenvalue weighted by Gasteiger charge is 2.15. The fourth-order valence-electron chi connectivity index (χ4n) is 3.70. The van der Waals surface area contributed by atoms with Crippen molar-refractivity contribution in [3.63, 3.8) is 0 Å². The highest BCUT2D eigenvalue weighted by molar-refractivity contribution is 9.10. The SMILES string of the molecule is CCCCc1nc2c(C)c(Br)cnc2n1Cc1ccc(-c2ccccc2C#N)cc1. The maximum atomic E-state index is 9.38. The number of unbranched alkanes of at least 4 members (excludes halogenated alkanes) is 1. The Morgan fingerprint density at radius 3 is 2.60 bits per heavy atom. The molecule has 0 unspecified atom stereocenters. The molecule has 0 saturated heterocycles. The van der Waals surface area contributed by atoms with Gasteiger partial charge in [-0.25, -0.2) is 9.97 Å². The van der Waals surface area contributed by atoms with Gasteiger partial charge in [0, 0.05) is 17.1 Å². The van der Waals surface area contributed by atoms with Gasteiger partial charge in [-0.2, -0.15) is 5.26 Å². The van der Waals surface area contributed by atoms with Gasteiger partial charge in [0.1, 0.15) is 11.3 Å². The van der Waals surface area contributed by atoms with Gasteiger partial charge in [-0.1, -0.05) is 55.8 Å². The quantitative estimate of drug-likeness (QED) is 0.334. The molecular weight excluding hydrogens is 436 g/mol. The van der Waals surface area contributed by atoms with Crippen molar-refractivity contribution >= 4 is 27.1 Å². The minimum atomic E-state index is 0.693. The second kappa shape index (κ2) is 8.81. The number of nitriles is 1. The molecule has 5 heteroatoms. The van der Waals surface area contributed by atoms with Crippen molar-refractivity contribution in [3.05, 3.63) is 81.7 Å². The Balaban J connectivity index is 1.70. The minimum absolute atomic E-state index is 0.693. The monoisotopic (exact) mass is 458 g/mol. The van der Waals surface area contributed by atoms with Crippen LogP contribution < -0.4 is 0 Å². The maximum absolute atomic E-state index is 9.38. The van der Waals surface area contributed by atoms with Gasteiger partial charge in [0.25, 0.3) is 0 Å². The number of aryl methyl sites for hydroxylation is 2. The lowest BCUT2D eigenvalue weighted by Crippen LogP contribution is -2.06. The average molecular weight is 459 g/mol. The summed E-state index contributed by atoms with van der Waals surface area (Å²) in [6.07, 6.45) is 5.04. The number of hydrogen-bond acceptors (Lipinski definition) is 3. The zero-order valence-electron chi connectivity index (χ0n) is 17.2. The first-order valence-electron chi connectivity index (χ1n) is 10.2. The number of hydrogen-bond donors (Lipinski definition) is 0. The van der Waals surface area contributed by atoms with Gasteiger partial charge in [0.05, 0.1) is 18.2 Å². The van der Waals surface area contributed by atoms with Crippen molar-refractivity contribution in [2.45, 2.75) is 39.7 Å². The Morgan fingerprint density at radius 2 is 1.87 bits per heavy atom. The van der Waals surface area contributed by atoms with Crippen LogP contribution in [0, 0.1) is 18.3 Å². The van der Waals surface area contributed by atoms with Crippen molar-refractivity contribution in [2.75, 3.05) is 0 Å². The van der Waals surface area contributed by atoms with Crippen molar-refractivity contribution in [1.82, 2.24) is 14.5 Å². The number of imidazole rings is 1. The van der Waals surface area contributed by atoms with Crippen LogP contribution in [0.2, 0.25) is 0 Å². The van der Waals surface area contributed by atoms with E-state index in [9.17, 15) is 5.26 Å². The predicted molar refractivity (Wildman–Crippen MR) is 124 cm³/mol. The number of rotatable bonds is 6. The minimum Gasteiger partial charge on any atom is -0.308 e. The smallest absolute Gasteiger partial charge is 0.160 e. The van der Waals surface area contributed by atoms with Crippen LogP contribution in [-0.2, 0) is 13.0 Å². The summed E-state index contributed by atoms with van der Waals surface area (Å²) >= 11 is 3.58. The Bertz CT molecular complexity index is 1230. The van der Waals surface area contributed by atoms with E-state index in [4.69, 9.17) is 4.98 Å². The first-order chi connectivity index (χ1) is 14.6. The number of nitrogens with zero attached hydrogens (tertiary/aromatic N) is 4. The molecule has 0 atom stereocenters. The first-order valence-corrected chi connectivity index (χ1v) is 11.0. The highest BCUT2D eigenvalue weighted by Crippen LogP contribution is 2.27. The highest BCUT2D eigenvalue weighted by atomic mass is 79.9. The molecule has 0 aliphatic rings. The van der Waals surface area contributed by atoms with E-state index in [1.54, 1.807) is 0 Å². The molecule has 0 aliphatic heterocycles. The lowest BCUT2D eigenvalue weighted by molar-refractivity contribution is 0.686. The van der Waals surface area contributed by atoms with Gasteiger partial charge in [-0.3, -0.25) is 0 Å². The van der Waals surface area contributed by atoms with E-state index in [1.807, 2.05) is 30.5 Å². The van der Waals surface area contributed by atoms with Crippen molar-refractivity contribution in [3.8, 4) is 17.2 Å². The topological polar surface area (TPSA) is 54.5 Å². The van der Waals surface area contributed by atoms with E-state index < -0.39 is 0 Å². The second-order valence-corrected chi connectivity index (χ2v) is 8.33. The molecule has 0 N–H and O–H groups in total. The third kappa shape index (κ3) is 3.88. The van der Waals surface area contributed by atoms with Gasteiger partial charge in [0.15, 0.2) is 5.65 Å². The summed E-state index contributed by atoms with van der Waals surface area (Å²) in [6, 6.07) is 18.4. The van der Waals surface area contributed by atoms with Crippen molar-refractivity contribution in [2.24, 2.45) is 0 Å². The normalized spacial score (nSPS) is 11.0. The molecule has 0 spiro atoms. The summed E-state index contributed by atoms with van der Waals surface area (Å²) in [4.78, 5) is 9.60. The summed E-state index contributed by atoms with van der Waals surface area (Å²) in [5.41, 5.74) is 6.92. The molecule has 0 aliphatic carbocycles. The van der Waals surface area contributed by atoms with Crippen LogP contribution in [0.25, 0.3) is 22.3 Å². The summed E-state index contributed by atoms with van der Waals surface area (Å²) in [6.45, 7) is 5.01. The third-order valence-electron chi connectivity index (χ3n) is 5.44. The van der Waals surface area contributed by atoms with Crippen LogP contribution in [0.4, 0.5) is 0 Å². The Morgan fingerprint density at radius 1 is 1.10 bits per heavy atom. The van der Waals surface area contributed by atoms with E-state index in [1.165, 1.54) is 5.56 Å². The molecule has 30 heavy (non-hydrogen) atoms. The fourth-order valence-corrected chi connectivity index (χ4v) is 3.99. The number of benzene rings is 2. The van der Waals surface area contributed by atoms with Crippen LogP contribution in [0.1, 0.15) is 42.3 Å². The lowest BCUT2D eigenvalue weighted by atomic mass is 9.99. The molecule has 2 aromatic heterocycles. The zero-order chi connectivity index (χ0) is 21.1. The van der Waals surface area contributed by atoms with Crippen LogP contribution in [0.5, 0.6) is 0 Å². The molecule has 2 heterocycles. The number of fused-ring (bicyclic) bond motifs is 1. The predicted octanol–water partition coefficient (Wildman–Crippen LogP) is 6.43. The summed E-state index contributed by atoms with van der Waals surface area (Å²) in [5.74, 6) is 1.08. The van der Waals surface area contributed by atoms with Crippen LogP contribution in [-0.4, -0.2) is 14.5 Å². The summed E-state index contributed by atoms with van der Waals surface area (Å²) in [7, 11) is 0. The molecule has 150 valence electrons. The van der Waals surface area contributed by atoms with Gasteiger partial charge >= 0.3 is 0 Å². The Labute approximate surface area is 185 Å².